The first-order chi connectivity index (χ1) is 9.88. The van der Waals surface area contributed by atoms with E-state index in [4.69, 9.17) is 4.74 Å². The summed E-state index contributed by atoms with van der Waals surface area (Å²) in [6.07, 6.45) is 0. The van der Waals surface area contributed by atoms with E-state index in [-0.39, 0.29) is 10.9 Å². The summed E-state index contributed by atoms with van der Waals surface area (Å²) in [4.78, 5) is 2.49. The molecular formula is C14H21BrN2O3S. The van der Waals surface area contributed by atoms with E-state index in [1.807, 2.05) is 13.8 Å². The SMILES string of the molecule is Cc1ccc(S(=O)(=O)N[C@@H](C)CN2CCOCC2)c(Br)c1. The summed E-state index contributed by atoms with van der Waals surface area (Å²) < 4.78 is 33.5. The molecule has 0 amide bonds. The molecule has 1 fully saturated rings. The van der Waals surface area contributed by atoms with Crippen molar-refractivity contribution in [1.29, 1.82) is 0 Å². The predicted octanol–water partition coefficient (Wildman–Crippen LogP) is 1.76. The van der Waals surface area contributed by atoms with Gasteiger partial charge in [0, 0.05) is 30.1 Å². The molecule has 1 heterocycles. The second-order valence-corrected chi connectivity index (χ2v) is 7.91. The van der Waals surface area contributed by atoms with Gasteiger partial charge in [0.05, 0.1) is 18.1 Å². The average molecular weight is 377 g/mol. The molecule has 0 unspecified atom stereocenters. The van der Waals surface area contributed by atoms with Gasteiger partial charge in [-0.3, -0.25) is 4.90 Å². The van der Waals surface area contributed by atoms with Crippen molar-refractivity contribution >= 4 is 26.0 Å². The van der Waals surface area contributed by atoms with Crippen LogP contribution in [0.25, 0.3) is 0 Å². The molecule has 2 rings (SSSR count). The molecule has 0 aliphatic carbocycles. The van der Waals surface area contributed by atoms with Crippen LogP contribution in [0.4, 0.5) is 0 Å². The highest BCUT2D eigenvalue weighted by Gasteiger charge is 2.22. The fourth-order valence-electron chi connectivity index (χ4n) is 2.36. The van der Waals surface area contributed by atoms with Gasteiger partial charge in [0.2, 0.25) is 10.0 Å². The van der Waals surface area contributed by atoms with Crippen LogP contribution >= 0.6 is 15.9 Å². The average Bonchev–Trinajstić information content (AvgIpc) is 2.38. The number of nitrogens with one attached hydrogen (secondary N) is 1. The van der Waals surface area contributed by atoms with E-state index >= 15 is 0 Å². The zero-order valence-corrected chi connectivity index (χ0v) is 14.7. The Bertz CT molecular complexity index is 586. The lowest BCUT2D eigenvalue weighted by Crippen LogP contribution is -2.45. The Labute approximate surface area is 134 Å². The van der Waals surface area contributed by atoms with Gasteiger partial charge < -0.3 is 4.74 Å². The summed E-state index contributed by atoms with van der Waals surface area (Å²) in [7, 11) is -3.51. The number of ether oxygens (including phenoxy) is 1. The van der Waals surface area contributed by atoms with Crippen molar-refractivity contribution in [3.8, 4) is 0 Å². The maximum atomic E-state index is 12.4. The van der Waals surface area contributed by atoms with Gasteiger partial charge in [0.15, 0.2) is 0 Å². The highest BCUT2D eigenvalue weighted by Crippen LogP contribution is 2.23. The zero-order chi connectivity index (χ0) is 15.5. The lowest BCUT2D eigenvalue weighted by molar-refractivity contribution is 0.0354. The Hall–Kier alpha value is -0.470. The van der Waals surface area contributed by atoms with Crippen molar-refractivity contribution in [3.63, 3.8) is 0 Å². The third-order valence-corrected chi connectivity index (χ3v) is 5.94. The quantitative estimate of drug-likeness (QED) is 0.850. The lowest BCUT2D eigenvalue weighted by Gasteiger charge is -2.29. The van der Waals surface area contributed by atoms with Crippen molar-refractivity contribution in [2.75, 3.05) is 32.8 Å². The summed E-state index contributed by atoms with van der Waals surface area (Å²) in [6.45, 7) is 7.61. The summed E-state index contributed by atoms with van der Waals surface area (Å²) in [5.74, 6) is 0. The molecule has 1 aromatic rings. The van der Waals surface area contributed by atoms with Gasteiger partial charge in [-0.25, -0.2) is 13.1 Å². The van der Waals surface area contributed by atoms with Gasteiger partial charge in [-0.15, -0.1) is 0 Å². The Kier molecular flexibility index (Phi) is 5.79. The zero-order valence-electron chi connectivity index (χ0n) is 12.3. The fraction of sp³-hybridized carbons (Fsp3) is 0.571. The van der Waals surface area contributed by atoms with Crippen molar-refractivity contribution in [2.24, 2.45) is 0 Å². The van der Waals surface area contributed by atoms with Gasteiger partial charge in [0.1, 0.15) is 0 Å². The molecule has 1 aliphatic rings. The summed E-state index contributed by atoms with van der Waals surface area (Å²) in [5.41, 5.74) is 1.02. The first-order valence-corrected chi connectivity index (χ1v) is 9.25. The highest BCUT2D eigenvalue weighted by molar-refractivity contribution is 9.10. The van der Waals surface area contributed by atoms with Crippen molar-refractivity contribution in [1.82, 2.24) is 9.62 Å². The van der Waals surface area contributed by atoms with Gasteiger partial charge in [-0.2, -0.15) is 0 Å². The van der Waals surface area contributed by atoms with Gasteiger partial charge in [-0.05, 0) is 47.5 Å². The van der Waals surface area contributed by atoms with Crippen LogP contribution in [0.15, 0.2) is 27.6 Å². The second kappa shape index (κ2) is 7.19. The van der Waals surface area contributed by atoms with Crippen LogP contribution in [0.5, 0.6) is 0 Å². The van der Waals surface area contributed by atoms with Crippen LogP contribution in [0.3, 0.4) is 0 Å². The number of rotatable bonds is 5. The number of halogens is 1. The maximum absolute atomic E-state index is 12.4. The minimum Gasteiger partial charge on any atom is -0.379 e. The molecule has 21 heavy (non-hydrogen) atoms. The number of nitrogens with zero attached hydrogens (tertiary/aromatic N) is 1. The van der Waals surface area contributed by atoms with Crippen molar-refractivity contribution in [2.45, 2.75) is 24.8 Å². The molecule has 0 saturated carbocycles. The summed E-state index contributed by atoms with van der Waals surface area (Å²) >= 11 is 3.33. The molecule has 1 aliphatic heterocycles. The molecule has 1 saturated heterocycles. The van der Waals surface area contributed by atoms with Crippen molar-refractivity contribution in [3.05, 3.63) is 28.2 Å². The molecule has 0 aromatic heterocycles. The summed E-state index contributed by atoms with van der Waals surface area (Å²) in [5, 5.41) is 0. The van der Waals surface area contributed by atoms with Crippen molar-refractivity contribution < 1.29 is 13.2 Å². The molecule has 7 heteroatoms. The predicted molar refractivity (Wildman–Crippen MR) is 85.9 cm³/mol. The van der Waals surface area contributed by atoms with Crippen LogP contribution in [-0.4, -0.2) is 52.2 Å². The topological polar surface area (TPSA) is 58.6 Å². The maximum Gasteiger partial charge on any atom is 0.241 e. The van der Waals surface area contributed by atoms with E-state index in [0.717, 1.165) is 18.7 Å². The fourth-order valence-corrected chi connectivity index (χ4v) is 4.79. The van der Waals surface area contributed by atoms with Crippen LogP contribution in [-0.2, 0) is 14.8 Å². The minimum absolute atomic E-state index is 0.152. The standard InChI is InChI=1S/C14H21BrN2O3S/c1-11-3-4-14(13(15)9-11)21(18,19)16-12(2)10-17-5-7-20-8-6-17/h3-4,9,12,16H,5-8,10H2,1-2H3/t12-/m0/s1. The largest absolute Gasteiger partial charge is 0.379 e. The van der Waals surface area contributed by atoms with Crippen LogP contribution in [0.2, 0.25) is 0 Å². The number of hydrogen-bond acceptors (Lipinski definition) is 4. The first-order valence-electron chi connectivity index (χ1n) is 6.97. The van der Waals surface area contributed by atoms with E-state index in [1.54, 1.807) is 18.2 Å². The molecule has 1 N–H and O–H groups in total. The highest BCUT2D eigenvalue weighted by atomic mass is 79.9. The summed E-state index contributed by atoms with van der Waals surface area (Å²) in [6, 6.07) is 5.08. The van der Waals surface area contributed by atoms with Crippen LogP contribution in [0, 0.1) is 6.92 Å². The first kappa shape index (κ1) is 16.9. The third-order valence-electron chi connectivity index (χ3n) is 3.37. The van der Waals surface area contributed by atoms with Crippen LogP contribution in [0.1, 0.15) is 12.5 Å². The van der Waals surface area contributed by atoms with E-state index < -0.39 is 10.0 Å². The Morgan fingerprint density at radius 2 is 2.05 bits per heavy atom. The molecule has 0 spiro atoms. The molecule has 0 radical (unpaired) electrons. The molecule has 118 valence electrons. The lowest BCUT2D eigenvalue weighted by atomic mass is 10.2. The molecule has 5 nitrogen and oxygen atoms in total. The number of hydrogen-bond donors (Lipinski definition) is 1. The number of benzene rings is 1. The molecule has 1 atom stereocenters. The second-order valence-electron chi connectivity index (χ2n) is 5.37. The Balaban J connectivity index is 2.02. The van der Waals surface area contributed by atoms with Gasteiger partial charge in [0.25, 0.3) is 0 Å². The van der Waals surface area contributed by atoms with Crippen LogP contribution < -0.4 is 4.72 Å². The van der Waals surface area contributed by atoms with E-state index in [0.29, 0.717) is 24.2 Å². The molecule has 1 aromatic carbocycles. The molecule has 0 bridgehead atoms. The van der Waals surface area contributed by atoms with E-state index in [1.165, 1.54) is 0 Å². The smallest absolute Gasteiger partial charge is 0.241 e. The Morgan fingerprint density at radius 3 is 2.67 bits per heavy atom. The normalized spacial score (nSPS) is 18.6. The third kappa shape index (κ3) is 4.75. The van der Waals surface area contributed by atoms with Gasteiger partial charge in [-0.1, -0.05) is 6.07 Å². The van der Waals surface area contributed by atoms with E-state index in [2.05, 4.69) is 25.6 Å². The Morgan fingerprint density at radius 1 is 1.38 bits per heavy atom. The molecular weight excluding hydrogens is 356 g/mol. The number of aryl methyl sites for hydroxylation is 1. The number of sulfonamides is 1. The monoisotopic (exact) mass is 376 g/mol. The van der Waals surface area contributed by atoms with E-state index in [9.17, 15) is 8.42 Å². The number of morpholine rings is 1. The minimum atomic E-state index is -3.51. The van der Waals surface area contributed by atoms with Gasteiger partial charge >= 0.3 is 0 Å².